The number of benzene rings is 2. The molecule has 0 aliphatic carbocycles. The number of hydrogen-bond donors (Lipinski definition) is 2. The number of anilines is 4. The molecule has 3 aromatic rings. The molecule has 0 radical (unpaired) electrons. The van der Waals surface area contributed by atoms with Crippen LogP contribution in [0.2, 0.25) is 5.02 Å². The van der Waals surface area contributed by atoms with E-state index in [0.29, 0.717) is 28.0 Å². The van der Waals surface area contributed by atoms with E-state index in [1.54, 1.807) is 30.5 Å². The second kappa shape index (κ2) is 7.84. The van der Waals surface area contributed by atoms with Crippen molar-refractivity contribution in [2.75, 3.05) is 17.7 Å². The fourth-order valence-electron chi connectivity index (χ4n) is 2.37. The lowest BCUT2D eigenvalue weighted by atomic mass is 10.2. The van der Waals surface area contributed by atoms with Crippen LogP contribution in [0.15, 0.2) is 54.7 Å². The maximum Gasteiger partial charge on any atom is 0.339 e. The summed E-state index contributed by atoms with van der Waals surface area (Å²) >= 11 is 6.14. The highest BCUT2D eigenvalue weighted by Gasteiger charge is 2.12. The number of para-hydroxylation sites is 1. The van der Waals surface area contributed by atoms with Gasteiger partial charge >= 0.3 is 5.97 Å². The lowest BCUT2D eigenvalue weighted by molar-refractivity contribution is 0.0602. The zero-order valence-corrected chi connectivity index (χ0v) is 15.0. The van der Waals surface area contributed by atoms with E-state index in [4.69, 9.17) is 16.3 Å². The first-order valence-corrected chi connectivity index (χ1v) is 8.26. The Kier molecular flexibility index (Phi) is 5.34. The fraction of sp³-hybridized carbons (Fsp3) is 0.105. The molecule has 0 atom stereocenters. The molecule has 1 aromatic heterocycles. The third kappa shape index (κ3) is 3.92. The normalized spacial score (nSPS) is 10.3. The molecule has 2 aromatic carbocycles. The molecule has 0 saturated carbocycles. The molecule has 7 heteroatoms. The second-order valence-electron chi connectivity index (χ2n) is 5.47. The number of hydrogen-bond acceptors (Lipinski definition) is 6. The third-order valence-electron chi connectivity index (χ3n) is 3.76. The van der Waals surface area contributed by atoms with Crippen molar-refractivity contribution in [3.8, 4) is 0 Å². The van der Waals surface area contributed by atoms with Crippen LogP contribution >= 0.6 is 11.6 Å². The zero-order chi connectivity index (χ0) is 18.5. The summed E-state index contributed by atoms with van der Waals surface area (Å²) in [5.74, 6) is 0.532. The number of carbonyl (C=O) groups is 1. The van der Waals surface area contributed by atoms with Crippen molar-refractivity contribution >= 4 is 40.7 Å². The van der Waals surface area contributed by atoms with Crippen LogP contribution in [0.5, 0.6) is 0 Å². The quantitative estimate of drug-likeness (QED) is 0.635. The molecule has 2 N–H and O–H groups in total. The predicted octanol–water partition coefficient (Wildman–Crippen LogP) is 4.71. The van der Waals surface area contributed by atoms with Crippen molar-refractivity contribution in [2.45, 2.75) is 6.92 Å². The molecule has 1 heterocycles. The van der Waals surface area contributed by atoms with Crippen LogP contribution in [-0.4, -0.2) is 23.0 Å². The molecule has 0 fully saturated rings. The molecule has 132 valence electrons. The van der Waals surface area contributed by atoms with Crippen molar-refractivity contribution in [1.82, 2.24) is 9.97 Å². The topological polar surface area (TPSA) is 76.1 Å². The highest BCUT2D eigenvalue weighted by molar-refractivity contribution is 6.31. The largest absolute Gasteiger partial charge is 0.465 e. The molecule has 0 spiro atoms. The Bertz CT molecular complexity index is 946. The van der Waals surface area contributed by atoms with Gasteiger partial charge in [0.05, 0.1) is 18.4 Å². The van der Waals surface area contributed by atoms with E-state index in [0.717, 1.165) is 11.3 Å². The number of esters is 1. The standard InChI is InChI=1S/C19H17ClN4O2/c1-12-14(20)7-5-9-15(12)23-19-21-11-10-17(24-19)22-16-8-4-3-6-13(16)18(25)26-2/h3-11H,1-2H3,(H2,21,22,23,24). The van der Waals surface area contributed by atoms with Gasteiger partial charge in [-0.1, -0.05) is 29.8 Å². The molecule has 0 aliphatic rings. The highest BCUT2D eigenvalue weighted by Crippen LogP contribution is 2.26. The summed E-state index contributed by atoms with van der Waals surface area (Å²) in [5.41, 5.74) is 2.76. The monoisotopic (exact) mass is 368 g/mol. The van der Waals surface area contributed by atoms with Gasteiger partial charge in [0, 0.05) is 16.9 Å². The summed E-state index contributed by atoms with van der Waals surface area (Å²) in [6, 6.07) is 14.3. The van der Waals surface area contributed by atoms with Crippen LogP contribution < -0.4 is 10.6 Å². The van der Waals surface area contributed by atoms with E-state index in [-0.39, 0.29) is 0 Å². The van der Waals surface area contributed by atoms with Gasteiger partial charge in [0.2, 0.25) is 5.95 Å². The van der Waals surface area contributed by atoms with Gasteiger partial charge < -0.3 is 15.4 Å². The number of rotatable bonds is 5. The molecule has 0 amide bonds. The van der Waals surface area contributed by atoms with Gasteiger partial charge in [-0.25, -0.2) is 9.78 Å². The Balaban J connectivity index is 1.85. The molecule has 0 saturated heterocycles. The van der Waals surface area contributed by atoms with E-state index in [9.17, 15) is 4.79 Å². The van der Waals surface area contributed by atoms with Crippen molar-refractivity contribution < 1.29 is 9.53 Å². The van der Waals surface area contributed by atoms with Gasteiger partial charge in [-0.2, -0.15) is 4.98 Å². The summed E-state index contributed by atoms with van der Waals surface area (Å²) in [6.07, 6.45) is 1.62. The lowest BCUT2D eigenvalue weighted by Gasteiger charge is -2.12. The third-order valence-corrected chi connectivity index (χ3v) is 4.17. The van der Waals surface area contributed by atoms with E-state index in [1.165, 1.54) is 7.11 Å². The van der Waals surface area contributed by atoms with Gasteiger partial charge in [-0.05, 0) is 42.8 Å². The van der Waals surface area contributed by atoms with Crippen molar-refractivity contribution in [3.63, 3.8) is 0 Å². The minimum absolute atomic E-state index is 0.413. The van der Waals surface area contributed by atoms with Crippen molar-refractivity contribution in [1.29, 1.82) is 0 Å². The van der Waals surface area contributed by atoms with Gasteiger partial charge in [0.1, 0.15) is 5.82 Å². The number of halogens is 1. The van der Waals surface area contributed by atoms with Crippen LogP contribution in [0.4, 0.5) is 23.1 Å². The fourth-order valence-corrected chi connectivity index (χ4v) is 2.54. The van der Waals surface area contributed by atoms with Gasteiger partial charge in [0.15, 0.2) is 0 Å². The molecule has 26 heavy (non-hydrogen) atoms. The SMILES string of the molecule is COC(=O)c1ccccc1Nc1ccnc(Nc2cccc(Cl)c2C)n1. The highest BCUT2D eigenvalue weighted by atomic mass is 35.5. The summed E-state index contributed by atoms with van der Waals surface area (Å²) in [6.45, 7) is 1.92. The summed E-state index contributed by atoms with van der Waals surface area (Å²) in [4.78, 5) is 20.5. The first kappa shape index (κ1) is 17.7. The van der Waals surface area contributed by atoms with Gasteiger partial charge in [-0.15, -0.1) is 0 Å². The molecular formula is C19H17ClN4O2. The Hall–Kier alpha value is -3.12. The number of ether oxygens (including phenoxy) is 1. The van der Waals surface area contributed by atoms with Gasteiger partial charge in [0.25, 0.3) is 0 Å². The Labute approximate surface area is 156 Å². The molecule has 0 aliphatic heterocycles. The Morgan fingerprint density at radius 2 is 1.81 bits per heavy atom. The molecular weight excluding hydrogens is 352 g/mol. The first-order chi connectivity index (χ1) is 12.6. The minimum Gasteiger partial charge on any atom is -0.465 e. The van der Waals surface area contributed by atoms with E-state index < -0.39 is 5.97 Å². The van der Waals surface area contributed by atoms with Crippen LogP contribution in [0.25, 0.3) is 0 Å². The molecule has 6 nitrogen and oxygen atoms in total. The average Bonchev–Trinajstić information content (AvgIpc) is 2.66. The minimum atomic E-state index is -0.421. The smallest absolute Gasteiger partial charge is 0.339 e. The number of nitrogens with one attached hydrogen (secondary N) is 2. The first-order valence-electron chi connectivity index (χ1n) is 7.88. The summed E-state index contributed by atoms with van der Waals surface area (Å²) in [7, 11) is 1.35. The predicted molar refractivity (Wildman–Crippen MR) is 103 cm³/mol. The number of methoxy groups -OCH3 is 1. The zero-order valence-electron chi connectivity index (χ0n) is 14.3. The number of carbonyl (C=O) groups excluding carboxylic acids is 1. The van der Waals surface area contributed by atoms with Crippen LogP contribution in [0.1, 0.15) is 15.9 Å². The van der Waals surface area contributed by atoms with E-state index >= 15 is 0 Å². The van der Waals surface area contributed by atoms with E-state index in [2.05, 4.69) is 20.6 Å². The second-order valence-corrected chi connectivity index (χ2v) is 5.87. The number of nitrogens with zero attached hydrogens (tertiary/aromatic N) is 2. The molecule has 3 rings (SSSR count). The van der Waals surface area contributed by atoms with Crippen molar-refractivity contribution in [2.24, 2.45) is 0 Å². The molecule has 0 unspecified atom stereocenters. The van der Waals surface area contributed by atoms with E-state index in [1.807, 2.05) is 31.2 Å². The summed E-state index contributed by atoms with van der Waals surface area (Å²) < 4.78 is 4.81. The van der Waals surface area contributed by atoms with Crippen LogP contribution in [0.3, 0.4) is 0 Å². The number of aromatic nitrogens is 2. The van der Waals surface area contributed by atoms with Crippen LogP contribution in [-0.2, 0) is 4.74 Å². The van der Waals surface area contributed by atoms with Crippen LogP contribution in [0, 0.1) is 6.92 Å². The van der Waals surface area contributed by atoms with Crippen molar-refractivity contribution in [3.05, 3.63) is 70.9 Å². The maximum atomic E-state index is 11.9. The Morgan fingerprint density at radius 1 is 1.04 bits per heavy atom. The Morgan fingerprint density at radius 3 is 2.62 bits per heavy atom. The van der Waals surface area contributed by atoms with Gasteiger partial charge in [-0.3, -0.25) is 0 Å². The lowest BCUT2D eigenvalue weighted by Crippen LogP contribution is -2.07. The average molecular weight is 369 g/mol. The summed E-state index contributed by atoms with van der Waals surface area (Å²) in [5, 5.41) is 6.93. The molecule has 0 bridgehead atoms. The maximum absolute atomic E-state index is 11.9.